The van der Waals surface area contributed by atoms with Crippen LogP contribution < -0.4 is 10.6 Å². The molecule has 1 fully saturated rings. The lowest BCUT2D eigenvalue weighted by Crippen LogP contribution is -2.50. The number of hydrogen-bond donors (Lipinski definition) is 2. The molecule has 0 unspecified atom stereocenters. The summed E-state index contributed by atoms with van der Waals surface area (Å²) >= 11 is 0. The molecular weight excluding hydrogens is 302 g/mol. The van der Waals surface area contributed by atoms with Crippen LogP contribution in [0, 0.1) is 11.8 Å². The molecule has 5 nitrogen and oxygen atoms in total. The van der Waals surface area contributed by atoms with E-state index in [2.05, 4.69) is 17.6 Å². The highest BCUT2D eigenvalue weighted by atomic mass is 16.2. The summed E-state index contributed by atoms with van der Waals surface area (Å²) in [5, 5.41) is 6.23. The Labute approximate surface area is 144 Å². The summed E-state index contributed by atoms with van der Waals surface area (Å²) in [6.07, 6.45) is 0.982. The second kappa shape index (κ2) is 8.29. The van der Waals surface area contributed by atoms with Crippen LogP contribution in [0.15, 0.2) is 24.3 Å². The molecule has 2 N–H and O–H groups in total. The zero-order chi connectivity index (χ0) is 17.7. The number of carbonyl (C=O) groups is 2. The topological polar surface area (TPSA) is 61.4 Å². The van der Waals surface area contributed by atoms with Crippen molar-refractivity contribution in [3.63, 3.8) is 0 Å². The molecule has 2 amide bonds. The monoisotopic (exact) mass is 331 g/mol. The molecule has 2 atom stereocenters. The van der Waals surface area contributed by atoms with Crippen LogP contribution in [-0.2, 0) is 11.3 Å². The summed E-state index contributed by atoms with van der Waals surface area (Å²) in [6, 6.07) is 8.09. The van der Waals surface area contributed by atoms with Crippen LogP contribution in [0.4, 0.5) is 0 Å². The molecule has 24 heavy (non-hydrogen) atoms. The molecule has 132 valence electrons. The van der Waals surface area contributed by atoms with Gasteiger partial charge in [-0.25, -0.2) is 0 Å². The lowest BCUT2D eigenvalue weighted by atomic mass is 9.92. The van der Waals surface area contributed by atoms with Gasteiger partial charge in [0, 0.05) is 44.2 Å². The SMILES string of the molecule is CNC(=O)c1ccc(CN[C@H]2CCN(C(=O)C(C)C)C[C@H]2C)cc1. The Bertz CT molecular complexity index is 568. The van der Waals surface area contributed by atoms with E-state index in [1.54, 1.807) is 7.05 Å². The number of benzene rings is 1. The molecule has 5 heteroatoms. The number of piperidine rings is 1. The molecule has 1 aliphatic heterocycles. The first kappa shape index (κ1) is 18.5. The van der Waals surface area contributed by atoms with Crippen molar-refractivity contribution in [3.8, 4) is 0 Å². The Balaban J connectivity index is 1.85. The highest BCUT2D eigenvalue weighted by molar-refractivity contribution is 5.93. The van der Waals surface area contributed by atoms with Gasteiger partial charge in [-0.1, -0.05) is 32.9 Å². The van der Waals surface area contributed by atoms with Crippen molar-refractivity contribution in [3.05, 3.63) is 35.4 Å². The number of nitrogens with one attached hydrogen (secondary N) is 2. The van der Waals surface area contributed by atoms with Crippen molar-refractivity contribution in [2.24, 2.45) is 11.8 Å². The highest BCUT2D eigenvalue weighted by Crippen LogP contribution is 2.19. The van der Waals surface area contributed by atoms with Crippen LogP contribution in [0.3, 0.4) is 0 Å². The Kier molecular flexibility index (Phi) is 6.37. The molecule has 0 aromatic heterocycles. The summed E-state index contributed by atoms with van der Waals surface area (Å²) in [4.78, 5) is 25.7. The molecule has 0 bridgehead atoms. The standard InChI is InChI=1S/C19H29N3O2/c1-13(2)19(24)22-10-9-17(14(3)12-22)21-11-15-5-7-16(8-6-15)18(23)20-4/h5-8,13-14,17,21H,9-12H2,1-4H3,(H,20,23)/t14-,17+/m1/s1. The number of amides is 2. The molecule has 0 saturated carbocycles. The van der Waals surface area contributed by atoms with Crippen molar-refractivity contribution in [2.45, 2.75) is 39.8 Å². The molecule has 0 radical (unpaired) electrons. The fraction of sp³-hybridized carbons (Fsp3) is 0.579. The second-order valence-electron chi connectivity index (χ2n) is 6.97. The number of hydrogen-bond acceptors (Lipinski definition) is 3. The van der Waals surface area contributed by atoms with Crippen molar-refractivity contribution < 1.29 is 9.59 Å². The van der Waals surface area contributed by atoms with Gasteiger partial charge < -0.3 is 15.5 Å². The number of rotatable bonds is 5. The molecule has 2 rings (SSSR count). The van der Waals surface area contributed by atoms with E-state index in [-0.39, 0.29) is 17.7 Å². The predicted molar refractivity (Wildman–Crippen MR) is 95.7 cm³/mol. The maximum absolute atomic E-state index is 12.1. The van der Waals surface area contributed by atoms with Gasteiger partial charge in [-0.2, -0.15) is 0 Å². The van der Waals surface area contributed by atoms with Crippen LogP contribution in [0.5, 0.6) is 0 Å². The Morgan fingerprint density at radius 2 is 1.92 bits per heavy atom. The van der Waals surface area contributed by atoms with E-state index >= 15 is 0 Å². The summed E-state index contributed by atoms with van der Waals surface area (Å²) in [5.41, 5.74) is 1.84. The smallest absolute Gasteiger partial charge is 0.251 e. The molecule has 1 aromatic carbocycles. The van der Waals surface area contributed by atoms with E-state index in [1.807, 2.05) is 43.0 Å². The van der Waals surface area contributed by atoms with Crippen LogP contribution in [0.1, 0.15) is 43.1 Å². The van der Waals surface area contributed by atoms with Crippen LogP contribution in [-0.4, -0.2) is 42.9 Å². The van der Waals surface area contributed by atoms with Crippen molar-refractivity contribution in [1.29, 1.82) is 0 Å². The van der Waals surface area contributed by atoms with Crippen molar-refractivity contribution in [2.75, 3.05) is 20.1 Å². The fourth-order valence-corrected chi connectivity index (χ4v) is 3.18. The second-order valence-corrected chi connectivity index (χ2v) is 6.97. The third-order valence-corrected chi connectivity index (χ3v) is 4.72. The molecule has 0 spiro atoms. The normalized spacial score (nSPS) is 21.0. The number of likely N-dealkylation sites (tertiary alicyclic amines) is 1. The van der Waals surface area contributed by atoms with Gasteiger partial charge in [-0.05, 0) is 30.0 Å². The quantitative estimate of drug-likeness (QED) is 0.868. The summed E-state index contributed by atoms with van der Waals surface area (Å²) in [5.74, 6) is 0.697. The van der Waals surface area contributed by atoms with E-state index in [0.29, 0.717) is 17.5 Å². The minimum absolute atomic E-state index is 0.0645. The maximum atomic E-state index is 12.1. The third kappa shape index (κ3) is 4.57. The van der Waals surface area contributed by atoms with Gasteiger partial charge in [-0.3, -0.25) is 9.59 Å². The molecule has 1 aliphatic rings. The molecule has 1 saturated heterocycles. The third-order valence-electron chi connectivity index (χ3n) is 4.72. The average Bonchev–Trinajstić information content (AvgIpc) is 2.59. The van der Waals surface area contributed by atoms with Gasteiger partial charge >= 0.3 is 0 Å². The fourth-order valence-electron chi connectivity index (χ4n) is 3.18. The Morgan fingerprint density at radius 1 is 1.25 bits per heavy atom. The first-order valence-electron chi connectivity index (χ1n) is 8.75. The van der Waals surface area contributed by atoms with Gasteiger partial charge in [0.15, 0.2) is 0 Å². The number of nitrogens with zero attached hydrogens (tertiary/aromatic N) is 1. The lowest BCUT2D eigenvalue weighted by molar-refractivity contribution is -0.136. The summed E-state index contributed by atoms with van der Waals surface area (Å²) in [6.45, 7) is 8.55. The van der Waals surface area contributed by atoms with Gasteiger partial charge in [0.25, 0.3) is 5.91 Å². The summed E-state index contributed by atoms with van der Waals surface area (Å²) < 4.78 is 0. The van der Waals surface area contributed by atoms with Crippen molar-refractivity contribution in [1.82, 2.24) is 15.5 Å². The first-order chi connectivity index (χ1) is 11.4. The van der Waals surface area contributed by atoms with Crippen LogP contribution in [0.2, 0.25) is 0 Å². The molecular formula is C19H29N3O2. The Morgan fingerprint density at radius 3 is 2.46 bits per heavy atom. The Hall–Kier alpha value is -1.88. The minimum atomic E-state index is -0.0645. The average molecular weight is 331 g/mol. The lowest BCUT2D eigenvalue weighted by Gasteiger charge is -2.38. The van der Waals surface area contributed by atoms with Gasteiger partial charge in [0.2, 0.25) is 5.91 Å². The van der Waals surface area contributed by atoms with Gasteiger partial charge in [0.05, 0.1) is 0 Å². The van der Waals surface area contributed by atoms with E-state index in [1.165, 1.54) is 0 Å². The van der Waals surface area contributed by atoms with E-state index in [0.717, 1.165) is 31.6 Å². The van der Waals surface area contributed by atoms with E-state index in [9.17, 15) is 9.59 Å². The predicted octanol–water partition coefficient (Wildman–Crippen LogP) is 2.03. The molecule has 1 aromatic rings. The zero-order valence-corrected chi connectivity index (χ0v) is 15.1. The summed E-state index contributed by atoms with van der Waals surface area (Å²) in [7, 11) is 1.63. The van der Waals surface area contributed by atoms with Crippen molar-refractivity contribution >= 4 is 11.8 Å². The molecule has 1 heterocycles. The van der Waals surface area contributed by atoms with Gasteiger partial charge in [0.1, 0.15) is 0 Å². The highest BCUT2D eigenvalue weighted by Gasteiger charge is 2.29. The van der Waals surface area contributed by atoms with Gasteiger partial charge in [-0.15, -0.1) is 0 Å². The van der Waals surface area contributed by atoms with E-state index in [4.69, 9.17) is 0 Å². The number of carbonyl (C=O) groups excluding carboxylic acids is 2. The van der Waals surface area contributed by atoms with Crippen LogP contribution >= 0.6 is 0 Å². The molecule has 0 aliphatic carbocycles. The van der Waals surface area contributed by atoms with Crippen LogP contribution in [0.25, 0.3) is 0 Å². The first-order valence-corrected chi connectivity index (χ1v) is 8.75. The zero-order valence-electron chi connectivity index (χ0n) is 15.1. The maximum Gasteiger partial charge on any atom is 0.251 e. The largest absolute Gasteiger partial charge is 0.355 e. The van der Waals surface area contributed by atoms with E-state index < -0.39 is 0 Å². The minimum Gasteiger partial charge on any atom is -0.355 e.